The Morgan fingerprint density at radius 1 is 1.32 bits per heavy atom. The van der Waals surface area contributed by atoms with Gasteiger partial charge in [-0.1, -0.05) is 18.2 Å². The topological polar surface area (TPSA) is 75.1 Å². The number of aromatic carboxylic acids is 1. The first-order chi connectivity index (χ1) is 9.11. The number of carbonyl (C=O) groups is 1. The zero-order chi connectivity index (χ0) is 13.8. The van der Waals surface area contributed by atoms with E-state index in [4.69, 9.17) is 5.11 Å². The number of hydrogen-bond acceptors (Lipinski definition) is 5. The molecule has 0 aliphatic heterocycles. The number of nitrogens with zero attached hydrogens (tertiary/aromatic N) is 2. The predicted octanol–water partition coefficient (Wildman–Crippen LogP) is 2.95. The van der Waals surface area contributed by atoms with Crippen molar-refractivity contribution >= 4 is 29.2 Å². The lowest BCUT2D eigenvalue weighted by Gasteiger charge is -2.09. The largest absolute Gasteiger partial charge is 0.478 e. The lowest BCUT2D eigenvalue weighted by Crippen LogP contribution is -2.05. The normalized spacial score (nSPS) is 10.2. The third-order valence-electron chi connectivity index (χ3n) is 2.59. The molecular weight excluding hydrogens is 262 g/mol. The average Bonchev–Trinajstić information content (AvgIpc) is 2.41. The molecule has 0 atom stereocenters. The van der Waals surface area contributed by atoms with E-state index in [-0.39, 0.29) is 5.56 Å². The number of aryl methyl sites for hydroxylation is 1. The van der Waals surface area contributed by atoms with E-state index in [0.29, 0.717) is 10.8 Å². The predicted molar refractivity (Wildman–Crippen MR) is 75.2 cm³/mol. The number of nitrogens with one attached hydrogen (secondary N) is 1. The highest BCUT2D eigenvalue weighted by Gasteiger charge is 2.13. The Hall–Kier alpha value is -2.08. The molecule has 1 aromatic heterocycles. The van der Waals surface area contributed by atoms with Crippen molar-refractivity contribution in [3.63, 3.8) is 0 Å². The van der Waals surface area contributed by atoms with Crippen LogP contribution in [-0.2, 0) is 0 Å². The number of carboxylic acids is 1. The Bertz CT molecular complexity index is 617. The maximum absolute atomic E-state index is 11.1. The van der Waals surface area contributed by atoms with Gasteiger partial charge in [-0.25, -0.2) is 4.79 Å². The SMILES string of the molecule is CSc1nnc(Nc2ccccc2C)cc1C(=O)O. The van der Waals surface area contributed by atoms with Crippen molar-refractivity contribution in [3.05, 3.63) is 41.5 Å². The molecule has 0 saturated carbocycles. The van der Waals surface area contributed by atoms with Gasteiger partial charge < -0.3 is 10.4 Å². The molecule has 2 aromatic rings. The molecule has 19 heavy (non-hydrogen) atoms. The van der Waals surface area contributed by atoms with E-state index in [1.165, 1.54) is 17.8 Å². The molecule has 1 aromatic carbocycles. The summed E-state index contributed by atoms with van der Waals surface area (Å²) in [6, 6.07) is 9.19. The fourth-order valence-electron chi connectivity index (χ4n) is 1.60. The van der Waals surface area contributed by atoms with Crippen LogP contribution in [0.2, 0.25) is 0 Å². The summed E-state index contributed by atoms with van der Waals surface area (Å²) >= 11 is 1.26. The smallest absolute Gasteiger partial charge is 0.338 e. The van der Waals surface area contributed by atoms with Crippen molar-refractivity contribution in [2.75, 3.05) is 11.6 Å². The zero-order valence-electron chi connectivity index (χ0n) is 10.5. The van der Waals surface area contributed by atoms with Crippen LogP contribution in [0, 0.1) is 6.92 Å². The lowest BCUT2D eigenvalue weighted by molar-refractivity contribution is 0.0692. The van der Waals surface area contributed by atoms with Gasteiger partial charge in [0.2, 0.25) is 0 Å². The molecule has 0 bridgehead atoms. The van der Waals surface area contributed by atoms with Gasteiger partial charge >= 0.3 is 5.97 Å². The van der Waals surface area contributed by atoms with Gasteiger partial charge in [0, 0.05) is 5.69 Å². The van der Waals surface area contributed by atoms with Gasteiger partial charge in [0.1, 0.15) is 5.03 Å². The molecule has 98 valence electrons. The second-order valence-electron chi connectivity index (χ2n) is 3.90. The number of hydrogen-bond donors (Lipinski definition) is 2. The van der Waals surface area contributed by atoms with Crippen LogP contribution in [-0.4, -0.2) is 27.5 Å². The Morgan fingerprint density at radius 2 is 2.05 bits per heavy atom. The van der Waals surface area contributed by atoms with E-state index >= 15 is 0 Å². The van der Waals surface area contributed by atoms with Crippen molar-refractivity contribution in [2.24, 2.45) is 0 Å². The number of benzene rings is 1. The number of aromatic nitrogens is 2. The summed E-state index contributed by atoms with van der Waals surface area (Å²) in [6.07, 6.45) is 1.77. The molecule has 0 amide bonds. The van der Waals surface area contributed by atoms with Gasteiger partial charge in [-0.2, -0.15) is 0 Å². The zero-order valence-corrected chi connectivity index (χ0v) is 11.4. The van der Waals surface area contributed by atoms with Crippen molar-refractivity contribution in [1.29, 1.82) is 0 Å². The van der Waals surface area contributed by atoms with Crippen LogP contribution in [0.5, 0.6) is 0 Å². The minimum atomic E-state index is -1.01. The molecule has 0 fully saturated rings. The highest BCUT2D eigenvalue weighted by molar-refractivity contribution is 7.98. The van der Waals surface area contributed by atoms with Crippen LogP contribution in [0.15, 0.2) is 35.4 Å². The average molecular weight is 275 g/mol. The van der Waals surface area contributed by atoms with E-state index in [0.717, 1.165) is 11.3 Å². The summed E-state index contributed by atoms with van der Waals surface area (Å²) in [4.78, 5) is 11.1. The highest BCUT2D eigenvalue weighted by Crippen LogP contribution is 2.22. The van der Waals surface area contributed by atoms with Crippen LogP contribution in [0.3, 0.4) is 0 Å². The quantitative estimate of drug-likeness (QED) is 0.836. The minimum Gasteiger partial charge on any atom is -0.478 e. The van der Waals surface area contributed by atoms with Crippen molar-refractivity contribution in [2.45, 2.75) is 11.9 Å². The first kappa shape index (κ1) is 13.4. The third-order valence-corrected chi connectivity index (χ3v) is 3.28. The first-order valence-corrected chi connectivity index (χ1v) is 6.82. The Labute approximate surface area is 115 Å². The molecule has 0 radical (unpaired) electrons. The van der Waals surface area contributed by atoms with Gasteiger partial charge in [0.15, 0.2) is 5.82 Å². The molecule has 0 unspecified atom stereocenters. The van der Waals surface area contributed by atoms with E-state index in [2.05, 4.69) is 15.5 Å². The van der Waals surface area contributed by atoms with Crippen LogP contribution >= 0.6 is 11.8 Å². The van der Waals surface area contributed by atoms with Crippen molar-refractivity contribution in [1.82, 2.24) is 10.2 Å². The molecule has 0 spiro atoms. The fourth-order valence-corrected chi connectivity index (χ4v) is 2.09. The second kappa shape index (κ2) is 5.71. The molecule has 0 aliphatic rings. The monoisotopic (exact) mass is 275 g/mol. The van der Waals surface area contributed by atoms with Crippen molar-refractivity contribution in [3.8, 4) is 0 Å². The van der Waals surface area contributed by atoms with Crippen LogP contribution in [0.4, 0.5) is 11.5 Å². The summed E-state index contributed by atoms with van der Waals surface area (Å²) in [5.74, 6) is -0.586. The van der Waals surface area contributed by atoms with E-state index in [9.17, 15) is 4.79 Å². The Balaban J connectivity index is 2.34. The number of para-hydroxylation sites is 1. The van der Waals surface area contributed by atoms with Crippen molar-refractivity contribution < 1.29 is 9.90 Å². The minimum absolute atomic E-state index is 0.151. The molecule has 6 heteroatoms. The summed E-state index contributed by atoms with van der Waals surface area (Å²) in [7, 11) is 0. The maximum atomic E-state index is 11.1. The lowest BCUT2D eigenvalue weighted by atomic mass is 10.2. The third kappa shape index (κ3) is 3.03. The molecule has 0 saturated heterocycles. The Kier molecular flexibility index (Phi) is 4.01. The second-order valence-corrected chi connectivity index (χ2v) is 4.69. The number of carboxylic acid groups (broad SMARTS) is 1. The van der Waals surface area contributed by atoms with Crippen LogP contribution in [0.25, 0.3) is 0 Å². The molecule has 2 N–H and O–H groups in total. The Morgan fingerprint density at radius 3 is 2.68 bits per heavy atom. The fraction of sp³-hybridized carbons (Fsp3) is 0.154. The van der Waals surface area contributed by atoms with Gasteiger partial charge in [-0.05, 0) is 30.9 Å². The number of anilines is 2. The maximum Gasteiger partial charge on any atom is 0.338 e. The van der Waals surface area contributed by atoms with Crippen LogP contribution in [0.1, 0.15) is 15.9 Å². The van der Waals surface area contributed by atoms with E-state index in [1.54, 1.807) is 6.26 Å². The molecule has 5 nitrogen and oxygen atoms in total. The summed E-state index contributed by atoms with van der Waals surface area (Å²) in [6.45, 7) is 1.96. The van der Waals surface area contributed by atoms with E-state index in [1.807, 2.05) is 31.2 Å². The van der Waals surface area contributed by atoms with E-state index < -0.39 is 5.97 Å². The molecule has 2 rings (SSSR count). The van der Waals surface area contributed by atoms with Gasteiger partial charge in [0.25, 0.3) is 0 Å². The standard InChI is InChI=1S/C13H13N3O2S/c1-8-5-3-4-6-10(8)14-11-7-9(13(17)18)12(19-2)16-15-11/h3-7H,1-2H3,(H,14,15)(H,17,18). The summed E-state index contributed by atoms with van der Waals surface area (Å²) in [5.41, 5.74) is 2.08. The van der Waals surface area contributed by atoms with Crippen LogP contribution < -0.4 is 5.32 Å². The van der Waals surface area contributed by atoms with Gasteiger partial charge in [-0.3, -0.25) is 0 Å². The molecule has 1 heterocycles. The van der Waals surface area contributed by atoms with Gasteiger partial charge in [0.05, 0.1) is 5.56 Å². The first-order valence-electron chi connectivity index (χ1n) is 5.59. The molecular formula is C13H13N3O2S. The summed E-state index contributed by atoms with van der Waals surface area (Å²) < 4.78 is 0. The molecule has 0 aliphatic carbocycles. The number of rotatable bonds is 4. The van der Waals surface area contributed by atoms with Gasteiger partial charge in [-0.15, -0.1) is 22.0 Å². The highest BCUT2D eigenvalue weighted by atomic mass is 32.2. The summed E-state index contributed by atoms with van der Waals surface area (Å²) in [5, 5.41) is 20.5. The number of thioether (sulfide) groups is 1.